The van der Waals surface area contributed by atoms with Crippen molar-refractivity contribution in [3.05, 3.63) is 53.9 Å². The van der Waals surface area contributed by atoms with Crippen molar-refractivity contribution in [2.75, 3.05) is 12.4 Å². The number of methoxy groups -OCH3 is 1. The number of carbonyl (C=O) groups excluding carboxylic acids is 1. The predicted octanol–water partition coefficient (Wildman–Crippen LogP) is 3.72. The SMILES string of the molecule is COc1ccc(C)cc1NC(=O)CCc1nc2ccccc2o1. The summed E-state index contributed by atoms with van der Waals surface area (Å²) in [6, 6.07) is 13.2. The second-order valence-corrected chi connectivity index (χ2v) is 5.33. The number of hydrogen-bond acceptors (Lipinski definition) is 4. The van der Waals surface area contributed by atoms with Crippen molar-refractivity contribution in [1.82, 2.24) is 4.98 Å². The molecule has 0 aliphatic rings. The lowest BCUT2D eigenvalue weighted by molar-refractivity contribution is -0.116. The fourth-order valence-corrected chi connectivity index (χ4v) is 2.38. The van der Waals surface area contributed by atoms with E-state index in [1.54, 1.807) is 7.11 Å². The van der Waals surface area contributed by atoms with E-state index in [4.69, 9.17) is 9.15 Å². The number of anilines is 1. The van der Waals surface area contributed by atoms with Crippen LogP contribution in [0.2, 0.25) is 0 Å². The molecule has 0 saturated carbocycles. The summed E-state index contributed by atoms with van der Waals surface area (Å²) < 4.78 is 10.9. The lowest BCUT2D eigenvalue weighted by Crippen LogP contribution is -2.13. The van der Waals surface area contributed by atoms with Crippen molar-refractivity contribution < 1.29 is 13.9 Å². The highest BCUT2D eigenvalue weighted by atomic mass is 16.5. The number of amides is 1. The summed E-state index contributed by atoms with van der Waals surface area (Å²) in [5.41, 5.74) is 3.28. The van der Waals surface area contributed by atoms with Crippen molar-refractivity contribution in [3.63, 3.8) is 0 Å². The molecule has 2 aromatic carbocycles. The fourth-order valence-electron chi connectivity index (χ4n) is 2.38. The summed E-state index contributed by atoms with van der Waals surface area (Å²) in [6.45, 7) is 1.97. The van der Waals surface area contributed by atoms with Gasteiger partial charge in [0.2, 0.25) is 5.91 Å². The van der Waals surface area contributed by atoms with E-state index in [0.29, 0.717) is 30.2 Å². The van der Waals surface area contributed by atoms with E-state index in [1.165, 1.54) is 0 Å². The maximum atomic E-state index is 12.1. The molecule has 0 aliphatic heterocycles. The van der Waals surface area contributed by atoms with Gasteiger partial charge in [0.1, 0.15) is 11.3 Å². The molecule has 0 saturated heterocycles. The molecule has 1 aromatic heterocycles. The van der Waals surface area contributed by atoms with Crippen LogP contribution in [-0.4, -0.2) is 18.0 Å². The van der Waals surface area contributed by atoms with Gasteiger partial charge in [-0.05, 0) is 36.8 Å². The third-order valence-electron chi connectivity index (χ3n) is 3.53. The number of aromatic nitrogens is 1. The van der Waals surface area contributed by atoms with E-state index in [2.05, 4.69) is 10.3 Å². The fraction of sp³-hybridized carbons (Fsp3) is 0.222. The summed E-state index contributed by atoms with van der Waals surface area (Å²) in [4.78, 5) is 16.5. The van der Waals surface area contributed by atoms with E-state index in [-0.39, 0.29) is 5.91 Å². The van der Waals surface area contributed by atoms with Crippen molar-refractivity contribution in [3.8, 4) is 5.75 Å². The summed E-state index contributed by atoms with van der Waals surface area (Å²) in [5, 5.41) is 2.87. The van der Waals surface area contributed by atoms with E-state index in [0.717, 1.165) is 16.7 Å². The molecule has 0 radical (unpaired) electrons. The topological polar surface area (TPSA) is 64.4 Å². The number of rotatable bonds is 5. The molecule has 0 spiro atoms. The van der Waals surface area contributed by atoms with Gasteiger partial charge in [-0.3, -0.25) is 4.79 Å². The number of nitrogens with zero attached hydrogens (tertiary/aromatic N) is 1. The minimum absolute atomic E-state index is 0.101. The van der Waals surface area contributed by atoms with Gasteiger partial charge in [0.15, 0.2) is 11.5 Å². The molecule has 3 aromatic rings. The third kappa shape index (κ3) is 3.51. The minimum Gasteiger partial charge on any atom is -0.495 e. The molecule has 3 rings (SSSR count). The molecule has 1 N–H and O–H groups in total. The molecule has 0 unspecified atom stereocenters. The summed E-state index contributed by atoms with van der Waals surface area (Å²) in [5.74, 6) is 1.11. The molecule has 0 fully saturated rings. The highest BCUT2D eigenvalue weighted by molar-refractivity contribution is 5.92. The monoisotopic (exact) mass is 310 g/mol. The van der Waals surface area contributed by atoms with Gasteiger partial charge in [0.25, 0.3) is 0 Å². The Morgan fingerprint density at radius 2 is 2.09 bits per heavy atom. The normalized spacial score (nSPS) is 10.7. The van der Waals surface area contributed by atoms with Crippen molar-refractivity contribution in [2.24, 2.45) is 0 Å². The van der Waals surface area contributed by atoms with Crippen LogP contribution in [-0.2, 0) is 11.2 Å². The largest absolute Gasteiger partial charge is 0.495 e. The van der Waals surface area contributed by atoms with Crippen LogP contribution in [0.15, 0.2) is 46.9 Å². The maximum Gasteiger partial charge on any atom is 0.224 e. The molecule has 5 heteroatoms. The summed E-state index contributed by atoms with van der Waals surface area (Å²) >= 11 is 0. The lowest BCUT2D eigenvalue weighted by atomic mass is 10.2. The molecule has 118 valence electrons. The van der Waals surface area contributed by atoms with E-state index in [9.17, 15) is 4.79 Å². The lowest BCUT2D eigenvalue weighted by Gasteiger charge is -2.10. The van der Waals surface area contributed by atoms with Crippen LogP contribution in [0.25, 0.3) is 11.1 Å². The van der Waals surface area contributed by atoms with Gasteiger partial charge in [0.05, 0.1) is 12.8 Å². The van der Waals surface area contributed by atoms with E-state index < -0.39 is 0 Å². The molecular weight excluding hydrogens is 292 g/mol. The van der Waals surface area contributed by atoms with Gasteiger partial charge in [0, 0.05) is 12.8 Å². The van der Waals surface area contributed by atoms with Gasteiger partial charge in [-0.25, -0.2) is 4.98 Å². The van der Waals surface area contributed by atoms with Crippen LogP contribution in [0, 0.1) is 6.92 Å². The first-order chi connectivity index (χ1) is 11.2. The first-order valence-electron chi connectivity index (χ1n) is 7.44. The maximum absolute atomic E-state index is 12.1. The Morgan fingerprint density at radius 1 is 1.26 bits per heavy atom. The van der Waals surface area contributed by atoms with E-state index in [1.807, 2.05) is 49.4 Å². The molecule has 1 heterocycles. The molecule has 0 bridgehead atoms. The minimum atomic E-state index is -0.101. The Bertz CT molecular complexity index is 806. The van der Waals surface area contributed by atoms with Gasteiger partial charge in [-0.1, -0.05) is 18.2 Å². The Labute approximate surface area is 134 Å². The first kappa shape index (κ1) is 15.1. The van der Waals surface area contributed by atoms with Gasteiger partial charge in [-0.15, -0.1) is 0 Å². The van der Waals surface area contributed by atoms with Crippen molar-refractivity contribution in [1.29, 1.82) is 0 Å². The summed E-state index contributed by atoms with van der Waals surface area (Å²) in [6.07, 6.45) is 0.749. The summed E-state index contributed by atoms with van der Waals surface area (Å²) in [7, 11) is 1.58. The van der Waals surface area contributed by atoms with Crippen LogP contribution in [0.5, 0.6) is 5.75 Å². The number of oxazole rings is 1. The average molecular weight is 310 g/mol. The van der Waals surface area contributed by atoms with Crippen LogP contribution in [0.4, 0.5) is 5.69 Å². The quantitative estimate of drug-likeness (QED) is 0.780. The number of ether oxygens (including phenoxy) is 1. The highest BCUT2D eigenvalue weighted by Crippen LogP contribution is 2.25. The number of hydrogen-bond donors (Lipinski definition) is 1. The zero-order valence-corrected chi connectivity index (χ0v) is 13.1. The zero-order valence-electron chi connectivity index (χ0n) is 13.1. The second kappa shape index (κ2) is 6.52. The number of nitrogens with one attached hydrogen (secondary N) is 1. The number of carbonyl (C=O) groups is 1. The number of para-hydroxylation sites is 2. The van der Waals surface area contributed by atoms with Crippen LogP contribution in [0.1, 0.15) is 17.9 Å². The van der Waals surface area contributed by atoms with Gasteiger partial charge >= 0.3 is 0 Å². The smallest absolute Gasteiger partial charge is 0.224 e. The van der Waals surface area contributed by atoms with E-state index >= 15 is 0 Å². The Hall–Kier alpha value is -2.82. The molecule has 0 atom stereocenters. The second-order valence-electron chi connectivity index (χ2n) is 5.33. The molecule has 23 heavy (non-hydrogen) atoms. The standard InChI is InChI=1S/C18H18N2O3/c1-12-7-8-15(22-2)14(11-12)19-17(21)9-10-18-20-13-5-3-4-6-16(13)23-18/h3-8,11H,9-10H2,1-2H3,(H,19,21). The first-order valence-corrected chi connectivity index (χ1v) is 7.44. The van der Waals surface area contributed by atoms with Crippen LogP contribution in [0.3, 0.4) is 0 Å². The predicted molar refractivity (Wildman–Crippen MR) is 88.7 cm³/mol. The third-order valence-corrected chi connectivity index (χ3v) is 3.53. The van der Waals surface area contributed by atoms with Crippen LogP contribution < -0.4 is 10.1 Å². The van der Waals surface area contributed by atoms with Crippen LogP contribution >= 0.6 is 0 Å². The van der Waals surface area contributed by atoms with Gasteiger partial charge < -0.3 is 14.5 Å². The Balaban J connectivity index is 1.64. The van der Waals surface area contributed by atoms with Gasteiger partial charge in [-0.2, -0.15) is 0 Å². The number of aryl methyl sites for hydroxylation is 2. The molecule has 0 aliphatic carbocycles. The molecule has 5 nitrogen and oxygen atoms in total. The molecule has 1 amide bonds. The highest BCUT2D eigenvalue weighted by Gasteiger charge is 2.11. The number of fused-ring (bicyclic) bond motifs is 1. The molecular formula is C18H18N2O3. The Morgan fingerprint density at radius 3 is 2.87 bits per heavy atom. The number of benzene rings is 2. The Kier molecular flexibility index (Phi) is 4.28. The zero-order chi connectivity index (χ0) is 16.2. The van der Waals surface area contributed by atoms with Crippen molar-refractivity contribution in [2.45, 2.75) is 19.8 Å². The average Bonchev–Trinajstić information content (AvgIpc) is 2.96. The van der Waals surface area contributed by atoms with Crippen molar-refractivity contribution >= 4 is 22.7 Å².